The number of fused-ring (bicyclic) bond motifs is 1. The first-order valence-corrected chi connectivity index (χ1v) is 10.8. The maximum atomic E-state index is 4.80. The molecule has 0 radical (unpaired) electrons. The number of para-hydroxylation sites is 2. The lowest BCUT2D eigenvalue weighted by molar-refractivity contribution is 0.682. The summed E-state index contributed by atoms with van der Waals surface area (Å²) in [5.41, 5.74) is 4.06. The number of imidazole rings is 1. The van der Waals surface area contributed by atoms with Crippen molar-refractivity contribution in [2.75, 3.05) is 5.32 Å². The molecule has 0 unspecified atom stereocenters. The Labute approximate surface area is 183 Å². The highest BCUT2D eigenvalue weighted by molar-refractivity contribution is 7.98. The van der Waals surface area contributed by atoms with Crippen LogP contribution in [0.5, 0.6) is 0 Å². The third-order valence-corrected chi connectivity index (χ3v) is 5.77. The van der Waals surface area contributed by atoms with Crippen molar-refractivity contribution < 1.29 is 0 Å². The van der Waals surface area contributed by atoms with Crippen molar-refractivity contribution in [3.63, 3.8) is 0 Å². The summed E-state index contributed by atoms with van der Waals surface area (Å²) in [6, 6.07) is 24.3. The van der Waals surface area contributed by atoms with Crippen LogP contribution in [-0.2, 0) is 19.3 Å². The summed E-state index contributed by atoms with van der Waals surface area (Å²) in [5.74, 6) is 2.16. The zero-order valence-electron chi connectivity index (χ0n) is 16.9. The quantitative estimate of drug-likeness (QED) is 0.394. The van der Waals surface area contributed by atoms with Gasteiger partial charge in [-0.1, -0.05) is 65.4 Å². The molecule has 8 nitrogen and oxygen atoms in total. The van der Waals surface area contributed by atoms with E-state index in [4.69, 9.17) is 9.97 Å². The Hall–Kier alpha value is -3.72. The standard InChI is InChI=1S/C22H20N8S/c1-29-21(26-27-28-29)30-19-12-6-5-11-18(19)25-22(30)31-15-17-10-7-13-20(24-17)23-14-16-8-3-2-4-9-16/h2-13H,14-15H2,1H3,(H,23,24). The van der Waals surface area contributed by atoms with Crippen LogP contribution in [0.2, 0.25) is 0 Å². The van der Waals surface area contributed by atoms with Crippen LogP contribution in [0.1, 0.15) is 11.3 Å². The second-order valence-electron chi connectivity index (χ2n) is 6.96. The third kappa shape index (κ3) is 4.13. The molecule has 9 heteroatoms. The summed E-state index contributed by atoms with van der Waals surface area (Å²) < 4.78 is 3.63. The Bertz CT molecular complexity index is 1310. The summed E-state index contributed by atoms with van der Waals surface area (Å²) in [7, 11) is 1.82. The lowest BCUT2D eigenvalue weighted by atomic mass is 10.2. The molecule has 5 aromatic rings. The van der Waals surface area contributed by atoms with E-state index in [0.29, 0.717) is 11.7 Å². The van der Waals surface area contributed by atoms with E-state index >= 15 is 0 Å². The molecule has 5 rings (SSSR count). The number of hydrogen-bond donors (Lipinski definition) is 1. The monoisotopic (exact) mass is 428 g/mol. The number of nitrogens with one attached hydrogen (secondary N) is 1. The molecule has 0 saturated heterocycles. The van der Waals surface area contributed by atoms with E-state index in [1.165, 1.54) is 5.56 Å². The van der Waals surface area contributed by atoms with Gasteiger partial charge in [0.05, 0.1) is 16.7 Å². The number of pyridine rings is 1. The topological polar surface area (TPSA) is 86.3 Å². The smallest absolute Gasteiger partial charge is 0.256 e. The highest BCUT2D eigenvalue weighted by Crippen LogP contribution is 2.28. The number of hydrogen-bond acceptors (Lipinski definition) is 7. The Kier molecular flexibility index (Phi) is 5.32. The van der Waals surface area contributed by atoms with E-state index in [-0.39, 0.29) is 0 Å². The van der Waals surface area contributed by atoms with Crippen LogP contribution in [0.25, 0.3) is 17.0 Å². The number of nitrogens with zero attached hydrogens (tertiary/aromatic N) is 7. The predicted molar refractivity (Wildman–Crippen MR) is 121 cm³/mol. The molecule has 0 atom stereocenters. The molecule has 154 valence electrons. The first kappa shape index (κ1) is 19.3. The normalized spacial score (nSPS) is 11.1. The van der Waals surface area contributed by atoms with Crippen molar-refractivity contribution in [2.45, 2.75) is 17.5 Å². The SMILES string of the molecule is Cn1nnnc1-n1c(SCc2cccc(NCc3ccccc3)n2)nc2ccccc21. The minimum Gasteiger partial charge on any atom is -0.366 e. The first-order chi connectivity index (χ1) is 15.3. The lowest BCUT2D eigenvalue weighted by Gasteiger charge is -2.09. The second-order valence-corrected chi connectivity index (χ2v) is 7.91. The predicted octanol–water partition coefficient (Wildman–Crippen LogP) is 3.85. The number of rotatable bonds is 7. The van der Waals surface area contributed by atoms with Crippen molar-refractivity contribution in [1.29, 1.82) is 0 Å². The number of aromatic nitrogens is 7. The van der Waals surface area contributed by atoms with Gasteiger partial charge in [0, 0.05) is 19.3 Å². The summed E-state index contributed by atoms with van der Waals surface area (Å²) in [6.45, 7) is 0.736. The van der Waals surface area contributed by atoms with Crippen molar-refractivity contribution in [3.05, 3.63) is 84.1 Å². The number of tetrazole rings is 1. The molecular weight excluding hydrogens is 408 g/mol. The van der Waals surface area contributed by atoms with E-state index in [1.54, 1.807) is 16.4 Å². The highest BCUT2D eigenvalue weighted by Gasteiger charge is 2.17. The molecule has 0 aliphatic rings. The molecule has 2 aromatic carbocycles. The van der Waals surface area contributed by atoms with Crippen LogP contribution in [0.15, 0.2) is 78.0 Å². The molecule has 0 amide bonds. The van der Waals surface area contributed by atoms with Crippen LogP contribution in [0.3, 0.4) is 0 Å². The van der Waals surface area contributed by atoms with Gasteiger partial charge in [-0.3, -0.25) is 4.57 Å². The Morgan fingerprint density at radius 3 is 2.58 bits per heavy atom. The van der Waals surface area contributed by atoms with Crippen LogP contribution in [0.4, 0.5) is 5.82 Å². The van der Waals surface area contributed by atoms with Crippen molar-refractivity contribution in [3.8, 4) is 5.95 Å². The molecule has 3 heterocycles. The molecule has 0 saturated carbocycles. The van der Waals surface area contributed by atoms with Crippen molar-refractivity contribution in [2.24, 2.45) is 7.05 Å². The lowest BCUT2D eigenvalue weighted by Crippen LogP contribution is -2.06. The van der Waals surface area contributed by atoms with Gasteiger partial charge in [0.25, 0.3) is 5.95 Å². The van der Waals surface area contributed by atoms with E-state index in [2.05, 4.69) is 33.0 Å². The number of anilines is 1. The molecule has 0 bridgehead atoms. The van der Waals surface area contributed by atoms with Gasteiger partial charge in [-0.25, -0.2) is 14.6 Å². The van der Waals surface area contributed by atoms with Gasteiger partial charge in [-0.15, -0.1) is 0 Å². The number of thioether (sulfide) groups is 1. The third-order valence-electron chi connectivity index (χ3n) is 4.80. The van der Waals surface area contributed by atoms with Crippen molar-refractivity contribution >= 4 is 28.6 Å². The number of benzene rings is 2. The summed E-state index contributed by atoms with van der Waals surface area (Å²) in [4.78, 5) is 9.55. The molecule has 31 heavy (non-hydrogen) atoms. The molecule has 0 spiro atoms. The fourth-order valence-electron chi connectivity index (χ4n) is 3.29. The van der Waals surface area contributed by atoms with Gasteiger partial charge in [-0.2, -0.15) is 0 Å². The molecule has 0 aliphatic heterocycles. The van der Waals surface area contributed by atoms with Crippen LogP contribution in [0, 0.1) is 0 Å². The maximum absolute atomic E-state index is 4.80. The van der Waals surface area contributed by atoms with E-state index < -0.39 is 0 Å². The van der Waals surface area contributed by atoms with Gasteiger partial charge in [0.15, 0.2) is 5.16 Å². The van der Waals surface area contributed by atoms with Gasteiger partial charge >= 0.3 is 0 Å². The molecule has 1 N–H and O–H groups in total. The Morgan fingerprint density at radius 2 is 1.74 bits per heavy atom. The van der Waals surface area contributed by atoms with E-state index in [9.17, 15) is 0 Å². The van der Waals surface area contributed by atoms with Crippen LogP contribution in [-0.4, -0.2) is 34.7 Å². The average molecular weight is 429 g/mol. The fourth-order valence-corrected chi connectivity index (χ4v) is 4.20. The van der Waals surface area contributed by atoms with Gasteiger partial charge in [-0.05, 0) is 40.3 Å². The maximum Gasteiger partial charge on any atom is 0.256 e. The number of aryl methyl sites for hydroxylation is 1. The van der Waals surface area contributed by atoms with Crippen molar-refractivity contribution in [1.82, 2.24) is 34.7 Å². The zero-order chi connectivity index (χ0) is 21.0. The Morgan fingerprint density at radius 1 is 0.903 bits per heavy atom. The van der Waals surface area contributed by atoms with Gasteiger partial charge in [0.1, 0.15) is 5.82 Å². The molecule has 0 aliphatic carbocycles. The highest BCUT2D eigenvalue weighted by atomic mass is 32.2. The fraction of sp³-hybridized carbons (Fsp3) is 0.136. The zero-order valence-corrected chi connectivity index (χ0v) is 17.7. The summed E-state index contributed by atoms with van der Waals surface area (Å²) in [5, 5.41) is 16.1. The minimum atomic E-state index is 0.627. The largest absolute Gasteiger partial charge is 0.366 e. The second kappa shape index (κ2) is 8.57. The van der Waals surface area contributed by atoms with E-state index in [1.807, 2.05) is 72.3 Å². The molecule has 3 aromatic heterocycles. The van der Waals surface area contributed by atoms with Gasteiger partial charge < -0.3 is 5.32 Å². The Balaban J connectivity index is 1.36. The van der Waals surface area contributed by atoms with Gasteiger partial charge in [0.2, 0.25) is 0 Å². The summed E-state index contributed by atoms with van der Waals surface area (Å²) in [6.07, 6.45) is 0. The summed E-state index contributed by atoms with van der Waals surface area (Å²) >= 11 is 1.61. The minimum absolute atomic E-state index is 0.627. The average Bonchev–Trinajstić information content (AvgIpc) is 3.39. The molecule has 0 fully saturated rings. The first-order valence-electron chi connectivity index (χ1n) is 9.85. The van der Waals surface area contributed by atoms with Crippen LogP contribution >= 0.6 is 11.8 Å². The molecular formula is C22H20N8S. The van der Waals surface area contributed by atoms with Crippen LogP contribution < -0.4 is 5.32 Å². The van der Waals surface area contributed by atoms with E-state index in [0.717, 1.165) is 34.2 Å².